The van der Waals surface area contributed by atoms with E-state index in [2.05, 4.69) is 30.7 Å². The molecule has 0 aromatic heterocycles. The number of halogens is 1. The molecule has 1 heterocycles. The summed E-state index contributed by atoms with van der Waals surface area (Å²) in [4.78, 5) is 4.82. The summed E-state index contributed by atoms with van der Waals surface area (Å²) in [6.45, 7) is 8.04. The normalized spacial score (nSPS) is 23.9. The predicted octanol–water partition coefficient (Wildman–Crippen LogP) is 2.07. The fourth-order valence-electron chi connectivity index (χ4n) is 2.99. The Hall–Kier alpha value is -0.970. The second-order valence-corrected chi connectivity index (χ2v) is 6.23. The summed E-state index contributed by atoms with van der Waals surface area (Å²) in [5.41, 5.74) is 7.25. The zero-order valence-electron chi connectivity index (χ0n) is 12.8. The highest BCUT2D eigenvalue weighted by Crippen LogP contribution is 2.28. The van der Waals surface area contributed by atoms with Gasteiger partial charge in [-0.15, -0.1) is 0 Å². The van der Waals surface area contributed by atoms with E-state index in [0.29, 0.717) is 12.6 Å². The number of nitrogens with two attached hydrogens (primary N) is 1. The van der Waals surface area contributed by atoms with Crippen LogP contribution in [0.1, 0.15) is 25.8 Å². The minimum absolute atomic E-state index is 0.0403. The Morgan fingerprint density at radius 1 is 1.35 bits per heavy atom. The molecule has 1 atom stereocenters. The van der Waals surface area contributed by atoms with Crippen LogP contribution < -0.4 is 5.73 Å². The van der Waals surface area contributed by atoms with Crippen molar-refractivity contribution in [3.05, 3.63) is 35.6 Å². The summed E-state index contributed by atoms with van der Waals surface area (Å²) in [6.07, 6.45) is 1.10. The van der Waals surface area contributed by atoms with E-state index >= 15 is 0 Å². The van der Waals surface area contributed by atoms with Crippen molar-refractivity contribution in [2.24, 2.45) is 5.73 Å². The molecule has 4 heteroatoms. The van der Waals surface area contributed by atoms with E-state index in [9.17, 15) is 4.39 Å². The Kier molecular flexibility index (Phi) is 4.78. The first-order valence-electron chi connectivity index (χ1n) is 7.37. The van der Waals surface area contributed by atoms with Crippen LogP contribution in [0, 0.1) is 5.82 Å². The van der Waals surface area contributed by atoms with Gasteiger partial charge in [-0.05, 0) is 45.0 Å². The molecule has 1 aromatic carbocycles. The average Bonchev–Trinajstić information content (AvgIpc) is 2.87. The van der Waals surface area contributed by atoms with Gasteiger partial charge in [-0.3, -0.25) is 9.80 Å². The standard InChI is InChI=1S/C16H26FN3/c1-13(2)20-9-8-16(11-18,12-20)19(3)10-14-4-6-15(17)7-5-14/h4-7,13H,8-12,18H2,1-3H3. The number of hydrogen-bond acceptors (Lipinski definition) is 3. The van der Waals surface area contributed by atoms with Crippen LogP contribution in [0.5, 0.6) is 0 Å². The third-order valence-electron chi connectivity index (χ3n) is 4.61. The van der Waals surface area contributed by atoms with Gasteiger partial charge in [0.15, 0.2) is 0 Å². The van der Waals surface area contributed by atoms with Gasteiger partial charge < -0.3 is 5.73 Å². The molecule has 0 aliphatic carbocycles. The SMILES string of the molecule is CC(C)N1CCC(CN)(N(C)Cc2ccc(F)cc2)C1. The van der Waals surface area contributed by atoms with E-state index in [4.69, 9.17) is 5.73 Å². The summed E-state index contributed by atoms with van der Waals surface area (Å²) >= 11 is 0. The van der Waals surface area contributed by atoms with Crippen LogP contribution in [-0.4, -0.2) is 48.1 Å². The van der Waals surface area contributed by atoms with Crippen LogP contribution >= 0.6 is 0 Å². The van der Waals surface area contributed by atoms with E-state index in [1.165, 1.54) is 12.1 Å². The Balaban J connectivity index is 2.06. The molecule has 0 radical (unpaired) electrons. The molecular formula is C16H26FN3. The van der Waals surface area contributed by atoms with Crippen molar-refractivity contribution in [2.75, 3.05) is 26.7 Å². The van der Waals surface area contributed by atoms with Gasteiger partial charge in [-0.1, -0.05) is 12.1 Å². The number of benzene rings is 1. The maximum absolute atomic E-state index is 13.0. The van der Waals surface area contributed by atoms with Gasteiger partial charge in [0, 0.05) is 37.8 Å². The lowest BCUT2D eigenvalue weighted by atomic mass is 9.96. The summed E-state index contributed by atoms with van der Waals surface area (Å²) in [5.74, 6) is -0.184. The maximum Gasteiger partial charge on any atom is 0.123 e. The topological polar surface area (TPSA) is 32.5 Å². The van der Waals surface area contributed by atoms with Crippen molar-refractivity contribution < 1.29 is 4.39 Å². The number of rotatable bonds is 5. The van der Waals surface area contributed by atoms with Crippen LogP contribution in [0.25, 0.3) is 0 Å². The molecule has 2 N–H and O–H groups in total. The van der Waals surface area contributed by atoms with Gasteiger partial charge in [0.25, 0.3) is 0 Å². The highest BCUT2D eigenvalue weighted by molar-refractivity contribution is 5.16. The van der Waals surface area contributed by atoms with Gasteiger partial charge >= 0.3 is 0 Å². The van der Waals surface area contributed by atoms with E-state index in [0.717, 1.165) is 31.6 Å². The first-order valence-corrected chi connectivity index (χ1v) is 7.37. The van der Waals surface area contributed by atoms with E-state index in [-0.39, 0.29) is 11.4 Å². The van der Waals surface area contributed by atoms with E-state index in [1.54, 1.807) is 0 Å². The van der Waals surface area contributed by atoms with Crippen molar-refractivity contribution in [1.29, 1.82) is 0 Å². The molecule has 1 aliphatic rings. The van der Waals surface area contributed by atoms with Crippen molar-refractivity contribution >= 4 is 0 Å². The maximum atomic E-state index is 13.0. The number of likely N-dealkylation sites (tertiary alicyclic amines) is 1. The first-order chi connectivity index (χ1) is 9.47. The monoisotopic (exact) mass is 279 g/mol. The Morgan fingerprint density at radius 2 is 2.00 bits per heavy atom. The Labute approximate surface area is 121 Å². The molecule has 20 heavy (non-hydrogen) atoms. The molecule has 1 fully saturated rings. The lowest BCUT2D eigenvalue weighted by Crippen LogP contribution is -2.54. The van der Waals surface area contributed by atoms with Gasteiger partial charge in [0.2, 0.25) is 0 Å². The summed E-state index contributed by atoms with van der Waals surface area (Å²) < 4.78 is 13.0. The molecule has 2 rings (SSSR count). The Bertz CT molecular complexity index is 432. The minimum Gasteiger partial charge on any atom is -0.329 e. The fraction of sp³-hybridized carbons (Fsp3) is 0.625. The molecule has 112 valence electrons. The lowest BCUT2D eigenvalue weighted by molar-refractivity contribution is 0.116. The van der Waals surface area contributed by atoms with E-state index in [1.807, 2.05) is 12.1 Å². The third-order valence-corrected chi connectivity index (χ3v) is 4.61. The second-order valence-electron chi connectivity index (χ2n) is 6.23. The highest BCUT2D eigenvalue weighted by Gasteiger charge is 2.40. The Morgan fingerprint density at radius 3 is 2.50 bits per heavy atom. The van der Waals surface area contributed by atoms with Crippen LogP contribution in [0.3, 0.4) is 0 Å². The van der Waals surface area contributed by atoms with Crippen LogP contribution in [0.15, 0.2) is 24.3 Å². The number of hydrogen-bond donors (Lipinski definition) is 1. The van der Waals surface area contributed by atoms with Crippen molar-refractivity contribution in [3.63, 3.8) is 0 Å². The summed E-state index contributed by atoms with van der Waals surface area (Å²) in [5, 5.41) is 0. The molecule has 3 nitrogen and oxygen atoms in total. The molecule has 1 aromatic rings. The molecule has 0 saturated carbocycles. The smallest absolute Gasteiger partial charge is 0.123 e. The zero-order valence-corrected chi connectivity index (χ0v) is 12.8. The summed E-state index contributed by atoms with van der Waals surface area (Å²) in [6, 6.07) is 7.31. The number of nitrogens with zero attached hydrogens (tertiary/aromatic N) is 2. The van der Waals surface area contributed by atoms with Gasteiger partial charge in [0.05, 0.1) is 0 Å². The van der Waals surface area contributed by atoms with Gasteiger partial charge in [-0.2, -0.15) is 0 Å². The molecule has 1 saturated heterocycles. The molecule has 0 spiro atoms. The van der Waals surface area contributed by atoms with Crippen molar-refractivity contribution in [1.82, 2.24) is 9.80 Å². The number of likely N-dealkylation sites (N-methyl/N-ethyl adjacent to an activating group) is 1. The largest absolute Gasteiger partial charge is 0.329 e. The zero-order chi connectivity index (χ0) is 14.8. The predicted molar refractivity (Wildman–Crippen MR) is 81.0 cm³/mol. The molecular weight excluding hydrogens is 253 g/mol. The van der Waals surface area contributed by atoms with Gasteiger partial charge in [-0.25, -0.2) is 4.39 Å². The molecule has 0 bridgehead atoms. The second kappa shape index (κ2) is 6.20. The van der Waals surface area contributed by atoms with Crippen LogP contribution in [-0.2, 0) is 6.54 Å². The van der Waals surface area contributed by atoms with Crippen LogP contribution in [0.4, 0.5) is 4.39 Å². The third kappa shape index (κ3) is 3.19. The lowest BCUT2D eigenvalue weighted by Gasteiger charge is -2.38. The quantitative estimate of drug-likeness (QED) is 0.895. The minimum atomic E-state index is -0.184. The van der Waals surface area contributed by atoms with Crippen LogP contribution in [0.2, 0.25) is 0 Å². The van der Waals surface area contributed by atoms with Crippen molar-refractivity contribution in [3.8, 4) is 0 Å². The summed E-state index contributed by atoms with van der Waals surface area (Å²) in [7, 11) is 2.13. The van der Waals surface area contributed by atoms with Gasteiger partial charge in [0.1, 0.15) is 5.82 Å². The fourth-order valence-corrected chi connectivity index (χ4v) is 2.99. The first kappa shape index (κ1) is 15.4. The highest BCUT2D eigenvalue weighted by atomic mass is 19.1. The molecule has 1 unspecified atom stereocenters. The van der Waals surface area contributed by atoms with Crippen molar-refractivity contribution in [2.45, 2.75) is 38.4 Å². The van der Waals surface area contributed by atoms with E-state index < -0.39 is 0 Å². The average molecular weight is 279 g/mol. The molecule has 1 aliphatic heterocycles. The molecule has 0 amide bonds.